The Morgan fingerprint density at radius 1 is 1.67 bits per heavy atom. The third-order valence-corrected chi connectivity index (χ3v) is 2.27. The zero-order valence-corrected chi connectivity index (χ0v) is 9.43. The fraction of sp³-hybridized carbons (Fsp3) is 0.600. The number of carbonyl (C=O) groups excluding carboxylic acids is 1. The number of rotatable bonds is 5. The summed E-state index contributed by atoms with van der Waals surface area (Å²) in [7, 11) is 5.33. The van der Waals surface area contributed by atoms with E-state index < -0.39 is 0 Å². The quantitative estimate of drug-likeness (QED) is 0.662. The third kappa shape index (κ3) is 3.71. The monoisotopic (exact) mass is 211 g/mol. The van der Waals surface area contributed by atoms with Crippen LogP contribution in [0.25, 0.3) is 0 Å². The molecule has 0 N–H and O–H groups in total. The maximum Gasteiger partial charge on any atom is 0.306 e. The van der Waals surface area contributed by atoms with Crippen LogP contribution in [0.4, 0.5) is 0 Å². The molecule has 0 spiro atoms. The maximum absolute atomic E-state index is 10.9. The average Bonchev–Trinajstić information content (AvgIpc) is 2.61. The van der Waals surface area contributed by atoms with Gasteiger partial charge in [-0.1, -0.05) is 0 Å². The van der Waals surface area contributed by atoms with Crippen molar-refractivity contribution in [2.45, 2.75) is 13.0 Å². The summed E-state index contributed by atoms with van der Waals surface area (Å²) in [6.45, 7) is 1.48. The first-order valence-electron chi connectivity index (χ1n) is 4.84. The minimum absolute atomic E-state index is 0.174. The van der Waals surface area contributed by atoms with Crippen LogP contribution in [0.3, 0.4) is 0 Å². The lowest BCUT2D eigenvalue weighted by molar-refractivity contribution is -0.140. The van der Waals surface area contributed by atoms with Crippen LogP contribution in [0.15, 0.2) is 12.5 Å². The lowest BCUT2D eigenvalue weighted by Crippen LogP contribution is -2.22. The molecule has 0 aliphatic carbocycles. The molecule has 15 heavy (non-hydrogen) atoms. The smallest absolute Gasteiger partial charge is 0.306 e. The average molecular weight is 211 g/mol. The minimum atomic E-state index is -0.174. The van der Waals surface area contributed by atoms with Crippen molar-refractivity contribution in [3.8, 4) is 0 Å². The van der Waals surface area contributed by atoms with Gasteiger partial charge in [0.1, 0.15) is 0 Å². The molecule has 0 aromatic carbocycles. The van der Waals surface area contributed by atoms with Gasteiger partial charge < -0.3 is 9.30 Å². The number of imidazole rings is 1. The van der Waals surface area contributed by atoms with Crippen molar-refractivity contribution in [2.24, 2.45) is 7.05 Å². The number of carbonyl (C=O) groups is 1. The van der Waals surface area contributed by atoms with Crippen LogP contribution in [0.1, 0.15) is 12.1 Å². The van der Waals surface area contributed by atoms with Crippen molar-refractivity contribution in [1.82, 2.24) is 14.5 Å². The molecule has 0 radical (unpaired) electrons. The van der Waals surface area contributed by atoms with Crippen molar-refractivity contribution in [2.75, 3.05) is 20.7 Å². The summed E-state index contributed by atoms with van der Waals surface area (Å²) in [4.78, 5) is 17.0. The molecule has 0 aliphatic rings. The Morgan fingerprint density at radius 3 is 2.93 bits per heavy atom. The summed E-state index contributed by atoms with van der Waals surface area (Å²) in [6, 6.07) is 0. The molecular formula is C10H17N3O2. The first-order valence-corrected chi connectivity index (χ1v) is 4.84. The molecule has 1 rings (SSSR count). The molecule has 0 bridgehead atoms. The Hall–Kier alpha value is -1.36. The standard InChI is InChI=1S/C10H17N3O2/c1-12(5-4-10(14)15-3)7-9-6-11-8-13(9)2/h6,8H,4-5,7H2,1-3H3. The third-order valence-electron chi connectivity index (χ3n) is 2.27. The van der Waals surface area contributed by atoms with E-state index in [1.807, 2.05) is 24.9 Å². The van der Waals surface area contributed by atoms with Gasteiger partial charge in [-0.2, -0.15) is 0 Å². The van der Waals surface area contributed by atoms with Gasteiger partial charge in [0, 0.05) is 26.3 Å². The Kier molecular flexibility index (Phi) is 4.30. The van der Waals surface area contributed by atoms with E-state index in [-0.39, 0.29) is 5.97 Å². The number of hydrogen-bond donors (Lipinski definition) is 0. The number of nitrogens with zero attached hydrogens (tertiary/aromatic N) is 3. The highest BCUT2D eigenvalue weighted by Crippen LogP contribution is 2.01. The van der Waals surface area contributed by atoms with Crippen molar-refractivity contribution >= 4 is 5.97 Å². The van der Waals surface area contributed by atoms with Gasteiger partial charge in [0.05, 0.1) is 25.6 Å². The van der Waals surface area contributed by atoms with Gasteiger partial charge in [0.25, 0.3) is 0 Å². The van der Waals surface area contributed by atoms with E-state index in [4.69, 9.17) is 0 Å². The lowest BCUT2D eigenvalue weighted by atomic mass is 10.3. The van der Waals surface area contributed by atoms with Crippen molar-refractivity contribution in [3.63, 3.8) is 0 Å². The summed E-state index contributed by atoms with van der Waals surface area (Å²) < 4.78 is 6.54. The molecule has 84 valence electrons. The Labute approximate surface area is 89.7 Å². The van der Waals surface area contributed by atoms with Crippen LogP contribution >= 0.6 is 0 Å². The van der Waals surface area contributed by atoms with Gasteiger partial charge in [-0.3, -0.25) is 9.69 Å². The predicted octanol–water partition coefficient (Wildman–Crippen LogP) is 0.415. The van der Waals surface area contributed by atoms with Gasteiger partial charge >= 0.3 is 5.97 Å². The van der Waals surface area contributed by atoms with Gasteiger partial charge in [0.2, 0.25) is 0 Å². The van der Waals surface area contributed by atoms with Gasteiger partial charge in [-0.15, -0.1) is 0 Å². The molecule has 0 unspecified atom stereocenters. The molecule has 0 saturated heterocycles. The van der Waals surface area contributed by atoms with E-state index in [2.05, 4.69) is 14.6 Å². The summed E-state index contributed by atoms with van der Waals surface area (Å²) in [5, 5.41) is 0. The second-order valence-electron chi connectivity index (χ2n) is 3.56. The molecule has 0 fully saturated rings. The highest BCUT2D eigenvalue weighted by atomic mass is 16.5. The van der Waals surface area contributed by atoms with Crippen LogP contribution in [0, 0.1) is 0 Å². The Bertz CT molecular complexity index is 322. The van der Waals surface area contributed by atoms with Gasteiger partial charge in [-0.25, -0.2) is 4.98 Å². The van der Waals surface area contributed by atoms with Crippen molar-refractivity contribution in [3.05, 3.63) is 18.2 Å². The molecule has 5 nitrogen and oxygen atoms in total. The number of methoxy groups -OCH3 is 1. The van der Waals surface area contributed by atoms with Crippen LogP contribution < -0.4 is 0 Å². The van der Waals surface area contributed by atoms with E-state index >= 15 is 0 Å². The molecule has 0 amide bonds. The highest BCUT2D eigenvalue weighted by Gasteiger charge is 2.06. The molecule has 1 heterocycles. The maximum atomic E-state index is 10.9. The fourth-order valence-electron chi connectivity index (χ4n) is 1.28. The molecule has 1 aromatic heterocycles. The largest absolute Gasteiger partial charge is 0.469 e. The zero-order chi connectivity index (χ0) is 11.3. The van der Waals surface area contributed by atoms with Crippen LogP contribution in [0.2, 0.25) is 0 Å². The van der Waals surface area contributed by atoms with E-state index in [0.29, 0.717) is 13.0 Å². The van der Waals surface area contributed by atoms with Crippen molar-refractivity contribution < 1.29 is 9.53 Å². The summed E-state index contributed by atoms with van der Waals surface area (Å²) >= 11 is 0. The van der Waals surface area contributed by atoms with E-state index in [9.17, 15) is 4.79 Å². The first-order chi connectivity index (χ1) is 7.13. The number of hydrogen-bond acceptors (Lipinski definition) is 4. The SMILES string of the molecule is COC(=O)CCN(C)Cc1cncn1C. The minimum Gasteiger partial charge on any atom is -0.469 e. The molecular weight excluding hydrogens is 194 g/mol. The topological polar surface area (TPSA) is 47.4 Å². The molecule has 1 aromatic rings. The zero-order valence-electron chi connectivity index (χ0n) is 9.43. The number of esters is 1. The van der Waals surface area contributed by atoms with E-state index in [1.54, 1.807) is 6.33 Å². The normalized spacial score (nSPS) is 10.7. The van der Waals surface area contributed by atoms with Gasteiger partial charge in [-0.05, 0) is 7.05 Å². The Morgan fingerprint density at radius 2 is 2.40 bits per heavy atom. The molecule has 0 saturated carbocycles. The number of aryl methyl sites for hydroxylation is 1. The van der Waals surface area contributed by atoms with Crippen LogP contribution in [0.5, 0.6) is 0 Å². The summed E-state index contributed by atoms with van der Waals surface area (Å²) in [5.74, 6) is -0.174. The van der Waals surface area contributed by atoms with Gasteiger partial charge in [0.15, 0.2) is 0 Å². The predicted molar refractivity (Wildman–Crippen MR) is 56.2 cm³/mol. The molecule has 5 heteroatoms. The highest BCUT2D eigenvalue weighted by molar-refractivity contribution is 5.69. The lowest BCUT2D eigenvalue weighted by Gasteiger charge is -2.15. The molecule has 0 aliphatic heterocycles. The van der Waals surface area contributed by atoms with E-state index in [1.165, 1.54) is 7.11 Å². The van der Waals surface area contributed by atoms with Crippen molar-refractivity contribution in [1.29, 1.82) is 0 Å². The first kappa shape index (κ1) is 11.7. The summed E-state index contributed by atoms with van der Waals surface area (Å²) in [6.07, 6.45) is 4.02. The fourth-order valence-corrected chi connectivity index (χ4v) is 1.28. The number of ether oxygens (including phenoxy) is 1. The van der Waals surface area contributed by atoms with Crippen LogP contribution in [-0.2, 0) is 23.1 Å². The van der Waals surface area contributed by atoms with Crippen LogP contribution in [-0.4, -0.2) is 41.1 Å². The summed E-state index contributed by atoms with van der Waals surface area (Å²) in [5.41, 5.74) is 1.13. The Balaban J connectivity index is 2.33. The molecule has 0 atom stereocenters. The second kappa shape index (κ2) is 5.50. The van der Waals surface area contributed by atoms with E-state index in [0.717, 1.165) is 12.2 Å². The second-order valence-corrected chi connectivity index (χ2v) is 3.56. The number of aromatic nitrogens is 2.